The number of hydrogen-bond donors (Lipinski definition) is 2. The molecule has 2 fully saturated rings. The first-order chi connectivity index (χ1) is 10.7. The maximum atomic E-state index is 6.27. The van der Waals surface area contributed by atoms with Crippen LogP contribution in [0.2, 0.25) is 0 Å². The summed E-state index contributed by atoms with van der Waals surface area (Å²) in [5.74, 6) is 1.72. The van der Waals surface area contributed by atoms with Gasteiger partial charge in [0.25, 0.3) is 0 Å². The van der Waals surface area contributed by atoms with Gasteiger partial charge >= 0.3 is 0 Å². The fourth-order valence-corrected chi connectivity index (χ4v) is 2.95. The van der Waals surface area contributed by atoms with Crippen molar-refractivity contribution in [3.63, 3.8) is 0 Å². The third-order valence-electron chi connectivity index (χ3n) is 4.20. The zero-order chi connectivity index (χ0) is 15.4. The van der Waals surface area contributed by atoms with Crippen molar-refractivity contribution in [2.75, 3.05) is 57.2 Å². The van der Waals surface area contributed by atoms with Crippen LogP contribution < -0.4 is 15.5 Å². The minimum absolute atomic E-state index is 0.149. The standard InChI is InChI=1S/C15H25N5O2/c1-20(2)14-7-13(18-11-19-14)17-8-12-3-4-15(22-12)9-16-5-6-21-10-15/h7,11-12,16H,3-6,8-10H2,1-2H3,(H,17,18,19)/t12-,15-/m0/s1. The van der Waals surface area contributed by atoms with Gasteiger partial charge in [-0.3, -0.25) is 0 Å². The predicted molar refractivity (Wildman–Crippen MR) is 85.4 cm³/mol. The molecule has 3 heterocycles. The summed E-state index contributed by atoms with van der Waals surface area (Å²) in [6.07, 6.45) is 3.86. The molecule has 2 aliphatic heterocycles. The van der Waals surface area contributed by atoms with Gasteiger partial charge < -0.3 is 25.0 Å². The van der Waals surface area contributed by atoms with E-state index in [1.54, 1.807) is 6.33 Å². The second-order valence-electron chi connectivity index (χ2n) is 6.23. The summed E-state index contributed by atoms with van der Waals surface area (Å²) in [5.41, 5.74) is -0.149. The second-order valence-corrected chi connectivity index (χ2v) is 6.23. The first kappa shape index (κ1) is 15.5. The number of ether oxygens (including phenoxy) is 2. The van der Waals surface area contributed by atoms with E-state index in [4.69, 9.17) is 9.47 Å². The fraction of sp³-hybridized carbons (Fsp3) is 0.733. The van der Waals surface area contributed by atoms with Crippen LogP contribution in [0.3, 0.4) is 0 Å². The minimum Gasteiger partial charge on any atom is -0.377 e. The molecule has 1 aromatic heterocycles. The quantitative estimate of drug-likeness (QED) is 0.839. The number of nitrogens with zero attached hydrogens (tertiary/aromatic N) is 3. The zero-order valence-corrected chi connectivity index (χ0v) is 13.3. The highest BCUT2D eigenvalue weighted by atomic mass is 16.6. The van der Waals surface area contributed by atoms with E-state index in [2.05, 4.69) is 20.6 Å². The molecule has 0 aromatic carbocycles. The Balaban J connectivity index is 1.53. The van der Waals surface area contributed by atoms with Gasteiger partial charge in [-0.05, 0) is 12.8 Å². The lowest BCUT2D eigenvalue weighted by Crippen LogP contribution is -2.43. The SMILES string of the molecule is CN(C)c1cc(NC[C@@H]2CC[C@@]3(CNCCOC3)O2)ncn1. The monoisotopic (exact) mass is 307 g/mol. The molecule has 0 amide bonds. The smallest absolute Gasteiger partial charge is 0.133 e. The zero-order valence-electron chi connectivity index (χ0n) is 13.3. The Hall–Kier alpha value is -1.44. The molecule has 2 aliphatic rings. The molecule has 7 heteroatoms. The predicted octanol–water partition coefficient (Wildman–Crippen LogP) is 0.492. The van der Waals surface area contributed by atoms with Crippen molar-refractivity contribution in [2.24, 2.45) is 0 Å². The molecular weight excluding hydrogens is 282 g/mol. The normalized spacial score (nSPS) is 28.5. The molecule has 122 valence electrons. The van der Waals surface area contributed by atoms with E-state index in [0.29, 0.717) is 6.61 Å². The van der Waals surface area contributed by atoms with Crippen LogP contribution in [-0.4, -0.2) is 68.6 Å². The Bertz CT molecular complexity index is 489. The molecule has 22 heavy (non-hydrogen) atoms. The molecular formula is C15H25N5O2. The number of anilines is 2. The van der Waals surface area contributed by atoms with Crippen molar-refractivity contribution >= 4 is 11.6 Å². The van der Waals surface area contributed by atoms with Crippen LogP contribution in [0.15, 0.2) is 12.4 Å². The summed E-state index contributed by atoms with van der Waals surface area (Å²) in [7, 11) is 3.93. The average Bonchev–Trinajstić information content (AvgIpc) is 2.77. The van der Waals surface area contributed by atoms with Crippen LogP contribution in [-0.2, 0) is 9.47 Å². The van der Waals surface area contributed by atoms with Crippen molar-refractivity contribution in [1.29, 1.82) is 0 Å². The van der Waals surface area contributed by atoms with Crippen molar-refractivity contribution in [1.82, 2.24) is 15.3 Å². The van der Waals surface area contributed by atoms with Crippen molar-refractivity contribution in [3.05, 3.63) is 12.4 Å². The molecule has 3 rings (SSSR count). The molecule has 0 unspecified atom stereocenters. The Morgan fingerprint density at radius 3 is 3.23 bits per heavy atom. The number of hydrogen-bond acceptors (Lipinski definition) is 7. The van der Waals surface area contributed by atoms with E-state index in [1.165, 1.54) is 0 Å². The van der Waals surface area contributed by atoms with Gasteiger partial charge in [0.1, 0.15) is 23.6 Å². The molecule has 0 bridgehead atoms. The van der Waals surface area contributed by atoms with Crippen LogP contribution in [0.5, 0.6) is 0 Å². The number of nitrogens with one attached hydrogen (secondary N) is 2. The van der Waals surface area contributed by atoms with Gasteiger partial charge in [0.2, 0.25) is 0 Å². The van der Waals surface area contributed by atoms with Gasteiger partial charge in [0.15, 0.2) is 0 Å². The summed E-state index contributed by atoms with van der Waals surface area (Å²) in [6.45, 7) is 3.99. The molecule has 0 radical (unpaired) electrons. The van der Waals surface area contributed by atoms with Crippen molar-refractivity contribution in [3.8, 4) is 0 Å². The first-order valence-electron chi connectivity index (χ1n) is 7.86. The van der Waals surface area contributed by atoms with Gasteiger partial charge in [0.05, 0.1) is 19.3 Å². The molecule has 2 saturated heterocycles. The van der Waals surface area contributed by atoms with Crippen LogP contribution >= 0.6 is 0 Å². The van der Waals surface area contributed by atoms with E-state index in [0.717, 1.165) is 50.7 Å². The topological polar surface area (TPSA) is 71.5 Å². The molecule has 0 saturated carbocycles. The van der Waals surface area contributed by atoms with Crippen molar-refractivity contribution in [2.45, 2.75) is 24.5 Å². The summed E-state index contributed by atoms with van der Waals surface area (Å²) >= 11 is 0. The summed E-state index contributed by atoms with van der Waals surface area (Å²) in [5, 5.41) is 6.75. The first-order valence-corrected chi connectivity index (χ1v) is 7.86. The van der Waals surface area contributed by atoms with E-state index < -0.39 is 0 Å². The highest BCUT2D eigenvalue weighted by Gasteiger charge is 2.40. The van der Waals surface area contributed by atoms with E-state index in [-0.39, 0.29) is 11.7 Å². The van der Waals surface area contributed by atoms with E-state index in [1.807, 2.05) is 25.1 Å². The number of aromatic nitrogens is 2. The minimum atomic E-state index is -0.149. The molecule has 7 nitrogen and oxygen atoms in total. The molecule has 1 spiro atoms. The highest BCUT2D eigenvalue weighted by Crippen LogP contribution is 2.31. The Labute approximate surface area is 131 Å². The van der Waals surface area contributed by atoms with Gasteiger partial charge in [0, 0.05) is 39.8 Å². The van der Waals surface area contributed by atoms with Crippen LogP contribution in [0.4, 0.5) is 11.6 Å². The largest absolute Gasteiger partial charge is 0.377 e. The van der Waals surface area contributed by atoms with Gasteiger partial charge in [-0.25, -0.2) is 9.97 Å². The summed E-state index contributed by atoms with van der Waals surface area (Å²) in [4.78, 5) is 10.4. The van der Waals surface area contributed by atoms with Gasteiger partial charge in [-0.2, -0.15) is 0 Å². The molecule has 0 aliphatic carbocycles. The van der Waals surface area contributed by atoms with Crippen LogP contribution in [0, 0.1) is 0 Å². The maximum Gasteiger partial charge on any atom is 0.133 e. The second kappa shape index (κ2) is 6.76. The lowest BCUT2D eigenvalue weighted by Gasteiger charge is -2.27. The third kappa shape index (κ3) is 3.66. The lowest BCUT2D eigenvalue weighted by atomic mass is 10.0. The van der Waals surface area contributed by atoms with E-state index >= 15 is 0 Å². The third-order valence-corrected chi connectivity index (χ3v) is 4.20. The Morgan fingerprint density at radius 2 is 2.36 bits per heavy atom. The number of rotatable bonds is 4. The summed E-state index contributed by atoms with van der Waals surface area (Å²) < 4.78 is 11.9. The molecule has 2 atom stereocenters. The van der Waals surface area contributed by atoms with E-state index in [9.17, 15) is 0 Å². The molecule has 2 N–H and O–H groups in total. The maximum absolute atomic E-state index is 6.27. The summed E-state index contributed by atoms with van der Waals surface area (Å²) in [6, 6.07) is 1.95. The van der Waals surface area contributed by atoms with Crippen LogP contribution in [0.1, 0.15) is 12.8 Å². The average molecular weight is 307 g/mol. The molecule has 1 aromatic rings. The lowest BCUT2D eigenvalue weighted by molar-refractivity contribution is -0.0740. The Morgan fingerprint density at radius 1 is 1.45 bits per heavy atom. The van der Waals surface area contributed by atoms with Crippen LogP contribution in [0.25, 0.3) is 0 Å². The van der Waals surface area contributed by atoms with Crippen molar-refractivity contribution < 1.29 is 9.47 Å². The fourth-order valence-electron chi connectivity index (χ4n) is 2.95. The van der Waals surface area contributed by atoms with Gasteiger partial charge in [-0.1, -0.05) is 0 Å². The Kier molecular flexibility index (Phi) is 4.75. The highest BCUT2D eigenvalue weighted by molar-refractivity contribution is 5.47. The van der Waals surface area contributed by atoms with Gasteiger partial charge in [-0.15, -0.1) is 0 Å².